The van der Waals surface area contributed by atoms with Crippen LogP contribution in [-0.4, -0.2) is 64.9 Å². The highest BCUT2D eigenvalue weighted by molar-refractivity contribution is 9.10. The Morgan fingerprint density at radius 2 is 2.12 bits per heavy atom. The van der Waals surface area contributed by atoms with Crippen LogP contribution in [0.25, 0.3) is 0 Å². The van der Waals surface area contributed by atoms with Crippen LogP contribution in [0.3, 0.4) is 0 Å². The van der Waals surface area contributed by atoms with Gasteiger partial charge in [-0.3, -0.25) is 14.4 Å². The van der Waals surface area contributed by atoms with Crippen molar-refractivity contribution in [2.24, 2.45) is 0 Å². The number of pyridine rings is 1. The van der Waals surface area contributed by atoms with Crippen LogP contribution in [0.1, 0.15) is 12.8 Å². The molecule has 1 atom stereocenters. The van der Waals surface area contributed by atoms with Gasteiger partial charge < -0.3 is 19.7 Å². The first-order chi connectivity index (χ1) is 11.5. The van der Waals surface area contributed by atoms with E-state index in [0.29, 0.717) is 26.2 Å². The van der Waals surface area contributed by atoms with E-state index in [1.54, 1.807) is 17.2 Å². The molecule has 0 spiro atoms. The molecule has 0 aromatic carbocycles. The van der Waals surface area contributed by atoms with Crippen LogP contribution in [0.2, 0.25) is 0 Å². The molecule has 0 aliphatic carbocycles. The molecule has 24 heavy (non-hydrogen) atoms. The van der Waals surface area contributed by atoms with E-state index in [9.17, 15) is 14.4 Å². The van der Waals surface area contributed by atoms with Gasteiger partial charge >= 0.3 is 0 Å². The SMILES string of the molecule is O=C(Cn1cc(Br)ccc1=O)N1CCCC(N2CCNCC2=O)C1. The third-order valence-corrected chi connectivity index (χ3v) is 5.04. The van der Waals surface area contributed by atoms with Crippen molar-refractivity contribution >= 4 is 27.7 Å². The molecule has 3 rings (SSSR count). The van der Waals surface area contributed by atoms with Gasteiger partial charge in [0.25, 0.3) is 5.56 Å². The van der Waals surface area contributed by atoms with Crippen molar-refractivity contribution in [2.45, 2.75) is 25.4 Å². The number of hydrogen-bond acceptors (Lipinski definition) is 4. The normalized spacial score (nSPS) is 21.9. The molecule has 130 valence electrons. The summed E-state index contributed by atoms with van der Waals surface area (Å²) in [7, 11) is 0. The van der Waals surface area contributed by atoms with E-state index >= 15 is 0 Å². The van der Waals surface area contributed by atoms with Gasteiger partial charge in [-0.2, -0.15) is 0 Å². The topological polar surface area (TPSA) is 74.7 Å². The summed E-state index contributed by atoms with van der Waals surface area (Å²) < 4.78 is 2.17. The third-order valence-electron chi connectivity index (χ3n) is 4.57. The first kappa shape index (κ1) is 17.2. The smallest absolute Gasteiger partial charge is 0.251 e. The van der Waals surface area contributed by atoms with Gasteiger partial charge in [0.15, 0.2) is 0 Å². The Labute approximate surface area is 148 Å². The van der Waals surface area contributed by atoms with Gasteiger partial charge in [-0.1, -0.05) is 0 Å². The van der Waals surface area contributed by atoms with Gasteiger partial charge in [0.2, 0.25) is 11.8 Å². The van der Waals surface area contributed by atoms with Crippen molar-refractivity contribution in [3.05, 3.63) is 33.2 Å². The molecule has 1 aromatic rings. The Morgan fingerprint density at radius 1 is 1.29 bits per heavy atom. The second-order valence-corrected chi connectivity index (χ2v) is 7.13. The average molecular weight is 397 g/mol. The quantitative estimate of drug-likeness (QED) is 0.782. The number of nitrogens with one attached hydrogen (secondary N) is 1. The van der Waals surface area contributed by atoms with Gasteiger partial charge in [-0.25, -0.2) is 0 Å². The molecule has 8 heteroatoms. The number of hydrogen-bond donors (Lipinski definition) is 1. The van der Waals surface area contributed by atoms with Crippen LogP contribution in [0.4, 0.5) is 0 Å². The van der Waals surface area contributed by atoms with E-state index in [2.05, 4.69) is 21.2 Å². The molecule has 2 amide bonds. The number of piperazine rings is 1. The molecule has 3 heterocycles. The Bertz CT molecular complexity index is 690. The molecule has 2 aliphatic rings. The van der Waals surface area contributed by atoms with Crippen LogP contribution >= 0.6 is 15.9 Å². The van der Waals surface area contributed by atoms with Crippen molar-refractivity contribution in [2.75, 3.05) is 32.7 Å². The molecule has 2 saturated heterocycles. The number of carbonyl (C=O) groups excluding carboxylic acids is 2. The highest BCUT2D eigenvalue weighted by Gasteiger charge is 2.31. The molecular formula is C16H21BrN4O3. The van der Waals surface area contributed by atoms with Crippen LogP contribution < -0.4 is 10.9 Å². The monoisotopic (exact) mass is 396 g/mol. The summed E-state index contributed by atoms with van der Waals surface area (Å²) in [4.78, 5) is 40.1. The minimum Gasteiger partial charge on any atom is -0.339 e. The minimum absolute atomic E-state index is 0.0283. The predicted octanol–water partition coefficient (Wildman–Crippen LogP) is 0.0336. The van der Waals surface area contributed by atoms with Gasteiger partial charge in [-0.15, -0.1) is 0 Å². The molecule has 1 N–H and O–H groups in total. The number of halogens is 1. The highest BCUT2D eigenvalue weighted by atomic mass is 79.9. The van der Waals surface area contributed by atoms with Crippen molar-refractivity contribution in [3.8, 4) is 0 Å². The van der Waals surface area contributed by atoms with Gasteiger partial charge in [0.05, 0.1) is 6.54 Å². The number of likely N-dealkylation sites (tertiary alicyclic amines) is 1. The van der Waals surface area contributed by atoms with Crippen LogP contribution in [0, 0.1) is 0 Å². The zero-order valence-corrected chi connectivity index (χ0v) is 15.0. The maximum atomic E-state index is 12.6. The van der Waals surface area contributed by atoms with E-state index in [1.165, 1.54) is 10.6 Å². The number of amides is 2. The standard InChI is InChI=1S/C16H21BrN4O3/c17-12-3-4-14(22)20(9-12)11-16(24)19-6-1-2-13(10-19)21-7-5-18-8-15(21)23/h3-4,9,13,18H,1-2,5-8,10-11H2. The summed E-state index contributed by atoms with van der Waals surface area (Å²) >= 11 is 3.32. The average Bonchev–Trinajstić information content (AvgIpc) is 2.58. The summed E-state index contributed by atoms with van der Waals surface area (Å²) in [5.41, 5.74) is -0.197. The van der Waals surface area contributed by atoms with E-state index in [1.807, 2.05) is 4.90 Å². The predicted molar refractivity (Wildman–Crippen MR) is 92.6 cm³/mol. The second-order valence-electron chi connectivity index (χ2n) is 6.21. The summed E-state index contributed by atoms with van der Waals surface area (Å²) in [5.74, 6) is 0.0197. The van der Waals surface area contributed by atoms with Gasteiger partial charge in [0.1, 0.15) is 6.54 Å². The maximum absolute atomic E-state index is 12.6. The van der Waals surface area contributed by atoms with Crippen LogP contribution in [0.5, 0.6) is 0 Å². The lowest BCUT2D eigenvalue weighted by Crippen LogP contribution is -2.57. The largest absolute Gasteiger partial charge is 0.339 e. The molecule has 0 radical (unpaired) electrons. The van der Waals surface area contributed by atoms with E-state index < -0.39 is 0 Å². The number of carbonyl (C=O) groups is 2. The number of piperidine rings is 1. The Hall–Kier alpha value is -1.67. The van der Waals surface area contributed by atoms with Crippen LogP contribution in [-0.2, 0) is 16.1 Å². The first-order valence-corrected chi connectivity index (χ1v) is 8.98. The summed E-state index contributed by atoms with van der Waals surface area (Å²) in [6.07, 6.45) is 3.43. The van der Waals surface area contributed by atoms with Crippen molar-refractivity contribution < 1.29 is 9.59 Å². The number of aromatic nitrogens is 1. The fourth-order valence-electron chi connectivity index (χ4n) is 3.31. The Kier molecular flexibility index (Phi) is 5.35. The summed E-state index contributed by atoms with van der Waals surface area (Å²) in [6.45, 7) is 3.12. The Balaban J connectivity index is 1.65. The van der Waals surface area contributed by atoms with Crippen molar-refractivity contribution in [3.63, 3.8) is 0 Å². The van der Waals surface area contributed by atoms with Crippen molar-refractivity contribution in [1.29, 1.82) is 0 Å². The number of rotatable bonds is 3. The molecule has 0 bridgehead atoms. The summed E-state index contributed by atoms with van der Waals surface area (Å²) in [6, 6.07) is 3.18. The molecule has 1 unspecified atom stereocenters. The minimum atomic E-state index is -0.197. The third kappa shape index (κ3) is 3.87. The molecule has 7 nitrogen and oxygen atoms in total. The summed E-state index contributed by atoms with van der Waals surface area (Å²) in [5, 5.41) is 3.07. The molecule has 1 aromatic heterocycles. The van der Waals surface area contributed by atoms with E-state index in [-0.39, 0.29) is 30.0 Å². The lowest BCUT2D eigenvalue weighted by atomic mass is 10.0. The van der Waals surface area contributed by atoms with E-state index in [4.69, 9.17) is 0 Å². The molecular weight excluding hydrogens is 376 g/mol. The Morgan fingerprint density at radius 3 is 2.92 bits per heavy atom. The molecule has 2 fully saturated rings. The zero-order valence-electron chi connectivity index (χ0n) is 13.4. The van der Waals surface area contributed by atoms with E-state index in [0.717, 1.165) is 23.9 Å². The molecule has 0 saturated carbocycles. The van der Waals surface area contributed by atoms with Crippen LogP contribution in [0.15, 0.2) is 27.6 Å². The second kappa shape index (κ2) is 7.48. The number of nitrogens with zero attached hydrogens (tertiary/aromatic N) is 3. The fraction of sp³-hybridized carbons (Fsp3) is 0.562. The zero-order chi connectivity index (χ0) is 17.1. The lowest BCUT2D eigenvalue weighted by Gasteiger charge is -2.41. The van der Waals surface area contributed by atoms with Crippen molar-refractivity contribution in [1.82, 2.24) is 19.7 Å². The lowest BCUT2D eigenvalue weighted by molar-refractivity contribution is -0.140. The maximum Gasteiger partial charge on any atom is 0.251 e. The molecule has 2 aliphatic heterocycles. The van der Waals surface area contributed by atoms with Gasteiger partial charge in [0, 0.05) is 49.0 Å². The highest BCUT2D eigenvalue weighted by Crippen LogP contribution is 2.17. The van der Waals surface area contributed by atoms with Gasteiger partial charge in [-0.05, 0) is 34.8 Å². The first-order valence-electron chi connectivity index (χ1n) is 8.18. The fourth-order valence-corrected chi connectivity index (χ4v) is 3.69.